The van der Waals surface area contributed by atoms with Gasteiger partial charge >= 0.3 is 0 Å². The van der Waals surface area contributed by atoms with E-state index in [0.29, 0.717) is 11.5 Å². The highest BCUT2D eigenvalue weighted by Gasteiger charge is 2.22. The number of hydrogen-bond donors (Lipinski definition) is 2. The van der Waals surface area contributed by atoms with Crippen LogP contribution in [0.2, 0.25) is 0 Å². The highest BCUT2D eigenvalue weighted by molar-refractivity contribution is 5.53. The SMILES string of the molecule is CC(CO)c1cc(O)cc2c1OCO2. The molecule has 1 aromatic rings. The second-order valence-corrected chi connectivity index (χ2v) is 3.35. The predicted molar refractivity (Wildman–Crippen MR) is 49.7 cm³/mol. The average Bonchev–Trinajstić information content (AvgIpc) is 2.62. The van der Waals surface area contributed by atoms with Crippen LogP contribution in [0.15, 0.2) is 12.1 Å². The molecule has 1 heterocycles. The first-order chi connectivity index (χ1) is 6.72. The number of benzene rings is 1. The van der Waals surface area contributed by atoms with Crippen molar-refractivity contribution >= 4 is 0 Å². The van der Waals surface area contributed by atoms with Gasteiger partial charge < -0.3 is 19.7 Å². The van der Waals surface area contributed by atoms with Gasteiger partial charge in [-0.25, -0.2) is 0 Å². The van der Waals surface area contributed by atoms with Gasteiger partial charge in [0.25, 0.3) is 0 Å². The van der Waals surface area contributed by atoms with Crippen LogP contribution in [-0.2, 0) is 0 Å². The molecule has 2 rings (SSSR count). The van der Waals surface area contributed by atoms with Gasteiger partial charge in [-0.3, -0.25) is 0 Å². The Bertz CT molecular complexity index is 348. The highest BCUT2D eigenvalue weighted by Crippen LogP contribution is 2.41. The normalized spacial score (nSPS) is 15.6. The highest BCUT2D eigenvalue weighted by atomic mass is 16.7. The molecule has 4 heteroatoms. The van der Waals surface area contributed by atoms with Crippen molar-refractivity contribution in [2.45, 2.75) is 12.8 Å². The Kier molecular flexibility index (Phi) is 2.21. The monoisotopic (exact) mass is 196 g/mol. The zero-order valence-corrected chi connectivity index (χ0v) is 7.86. The minimum absolute atomic E-state index is 0.0131. The molecule has 0 radical (unpaired) electrons. The smallest absolute Gasteiger partial charge is 0.231 e. The maximum Gasteiger partial charge on any atom is 0.231 e. The maximum absolute atomic E-state index is 9.40. The molecule has 14 heavy (non-hydrogen) atoms. The summed E-state index contributed by atoms with van der Waals surface area (Å²) >= 11 is 0. The molecule has 2 N–H and O–H groups in total. The summed E-state index contributed by atoms with van der Waals surface area (Å²) in [6.07, 6.45) is 0. The standard InChI is InChI=1S/C10H12O4/c1-6(4-11)8-2-7(12)3-9-10(8)14-5-13-9/h2-3,6,11-12H,4-5H2,1H3. The van der Waals surface area contributed by atoms with Crippen molar-refractivity contribution in [1.29, 1.82) is 0 Å². The lowest BCUT2D eigenvalue weighted by Gasteiger charge is -2.11. The first kappa shape index (κ1) is 9.15. The summed E-state index contributed by atoms with van der Waals surface area (Å²) in [4.78, 5) is 0. The average molecular weight is 196 g/mol. The molecule has 1 unspecified atom stereocenters. The number of rotatable bonds is 2. The summed E-state index contributed by atoms with van der Waals surface area (Å²) in [6.45, 7) is 2.04. The van der Waals surface area contributed by atoms with Gasteiger partial charge in [0.15, 0.2) is 11.5 Å². The minimum Gasteiger partial charge on any atom is -0.508 e. The topological polar surface area (TPSA) is 58.9 Å². The molecule has 4 nitrogen and oxygen atoms in total. The number of phenols is 1. The Balaban J connectivity index is 2.48. The van der Waals surface area contributed by atoms with Crippen LogP contribution >= 0.6 is 0 Å². The lowest BCUT2D eigenvalue weighted by molar-refractivity contribution is 0.172. The fraction of sp³-hybridized carbons (Fsp3) is 0.400. The molecule has 0 aliphatic carbocycles. The molecule has 0 amide bonds. The van der Waals surface area contributed by atoms with Gasteiger partial charge in [0.05, 0.1) is 0 Å². The third kappa shape index (κ3) is 1.37. The zero-order valence-electron chi connectivity index (χ0n) is 7.86. The van der Waals surface area contributed by atoms with Crippen LogP contribution in [0.4, 0.5) is 0 Å². The molecule has 1 aliphatic rings. The molecule has 0 spiro atoms. The summed E-state index contributed by atoms with van der Waals surface area (Å²) in [6, 6.07) is 3.10. The van der Waals surface area contributed by atoms with E-state index < -0.39 is 0 Å². The Morgan fingerprint density at radius 2 is 2.21 bits per heavy atom. The van der Waals surface area contributed by atoms with Gasteiger partial charge in [-0.15, -0.1) is 0 Å². The van der Waals surface area contributed by atoms with E-state index in [1.165, 1.54) is 6.07 Å². The second kappa shape index (κ2) is 3.38. The maximum atomic E-state index is 9.40. The van der Waals surface area contributed by atoms with Crippen molar-refractivity contribution < 1.29 is 19.7 Å². The molecule has 76 valence electrons. The summed E-state index contributed by atoms with van der Waals surface area (Å²) in [5.41, 5.74) is 0.778. The Labute approximate surface area is 81.7 Å². The fourth-order valence-electron chi connectivity index (χ4n) is 1.49. The molecular weight excluding hydrogens is 184 g/mol. The van der Waals surface area contributed by atoms with Crippen LogP contribution in [0.1, 0.15) is 18.4 Å². The van der Waals surface area contributed by atoms with Crippen molar-refractivity contribution in [3.8, 4) is 17.2 Å². The molecule has 0 bridgehead atoms. The van der Waals surface area contributed by atoms with Gasteiger partial charge in [-0.2, -0.15) is 0 Å². The van der Waals surface area contributed by atoms with Crippen molar-refractivity contribution in [2.75, 3.05) is 13.4 Å². The first-order valence-electron chi connectivity index (χ1n) is 4.45. The van der Waals surface area contributed by atoms with Crippen molar-refractivity contribution in [3.05, 3.63) is 17.7 Å². The largest absolute Gasteiger partial charge is 0.508 e. The minimum atomic E-state index is -0.0717. The van der Waals surface area contributed by atoms with Gasteiger partial charge in [0.1, 0.15) is 5.75 Å². The summed E-state index contributed by atoms with van der Waals surface area (Å²) in [5, 5.41) is 18.4. The second-order valence-electron chi connectivity index (χ2n) is 3.35. The number of ether oxygens (including phenoxy) is 2. The van der Waals surface area contributed by atoms with Gasteiger partial charge in [0, 0.05) is 24.2 Å². The quantitative estimate of drug-likeness (QED) is 0.746. The van der Waals surface area contributed by atoms with Gasteiger partial charge in [-0.05, 0) is 6.07 Å². The lowest BCUT2D eigenvalue weighted by Crippen LogP contribution is -2.01. The first-order valence-corrected chi connectivity index (χ1v) is 4.45. The zero-order chi connectivity index (χ0) is 10.1. The van der Waals surface area contributed by atoms with E-state index in [9.17, 15) is 5.11 Å². The van der Waals surface area contributed by atoms with E-state index in [-0.39, 0.29) is 25.1 Å². The van der Waals surface area contributed by atoms with Crippen LogP contribution in [-0.4, -0.2) is 23.6 Å². The van der Waals surface area contributed by atoms with Crippen LogP contribution in [0.5, 0.6) is 17.2 Å². The van der Waals surface area contributed by atoms with E-state index in [1.807, 2.05) is 6.92 Å². The summed E-state index contributed by atoms with van der Waals surface area (Å²) < 4.78 is 10.4. The van der Waals surface area contributed by atoms with Crippen molar-refractivity contribution in [2.24, 2.45) is 0 Å². The number of aliphatic hydroxyl groups excluding tert-OH is 1. The van der Waals surface area contributed by atoms with E-state index in [2.05, 4.69) is 0 Å². The predicted octanol–water partition coefficient (Wildman–Crippen LogP) is 1.22. The molecule has 0 aromatic heterocycles. The Morgan fingerprint density at radius 3 is 2.93 bits per heavy atom. The number of aliphatic hydroxyl groups is 1. The molecule has 1 atom stereocenters. The number of phenolic OH excluding ortho intramolecular Hbond substituents is 1. The van der Waals surface area contributed by atoms with Crippen LogP contribution < -0.4 is 9.47 Å². The van der Waals surface area contributed by atoms with E-state index >= 15 is 0 Å². The lowest BCUT2D eigenvalue weighted by atomic mass is 10.0. The molecular formula is C10H12O4. The summed E-state index contributed by atoms with van der Waals surface area (Å²) in [5.74, 6) is 1.23. The number of hydrogen-bond acceptors (Lipinski definition) is 4. The third-order valence-corrected chi connectivity index (χ3v) is 2.29. The fourth-order valence-corrected chi connectivity index (χ4v) is 1.49. The van der Waals surface area contributed by atoms with Crippen molar-refractivity contribution in [1.82, 2.24) is 0 Å². The molecule has 0 saturated heterocycles. The van der Waals surface area contributed by atoms with E-state index in [0.717, 1.165) is 5.56 Å². The van der Waals surface area contributed by atoms with Crippen LogP contribution in [0, 0.1) is 0 Å². The van der Waals surface area contributed by atoms with Gasteiger partial charge in [0.2, 0.25) is 6.79 Å². The Morgan fingerprint density at radius 1 is 1.43 bits per heavy atom. The van der Waals surface area contributed by atoms with Crippen molar-refractivity contribution in [3.63, 3.8) is 0 Å². The molecule has 0 saturated carbocycles. The van der Waals surface area contributed by atoms with E-state index in [1.54, 1.807) is 6.07 Å². The van der Waals surface area contributed by atoms with Gasteiger partial charge in [-0.1, -0.05) is 6.92 Å². The summed E-state index contributed by atoms with van der Waals surface area (Å²) in [7, 11) is 0. The van der Waals surface area contributed by atoms with Crippen LogP contribution in [0.3, 0.4) is 0 Å². The molecule has 0 fully saturated rings. The molecule has 1 aromatic carbocycles. The number of aromatic hydroxyl groups is 1. The van der Waals surface area contributed by atoms with Crippen LogP contribution in [0.25, 0.3) is 0 Å². The molecule has 1 aliphatic heterocycles. The Hall–Kier alpha value is -1.42. The number of fused-ring (bicyclic) bond motifs is 1. The third-order valence-electron chi connectivity index (χ3n) is 2.29. The van der Waals surface area contributed by atoms with E-state index in [4.69, 9.17) is 14.6 Å².